The Labute approximate surface area is 126 Å². The van der Waals surface area contributed by atoms with Gasteiger partial charge in [-0.05, 0) is 43.2 Å². The number of rotatable bonds is 2. The van der Waals surface area contributed by atoms with Gasteiger partial charge in [-0.25, -0.2) is 4.98 Å². The van der Waals surface area contributed by atoms with Gasteiger partial charge >= 0.3 is 0 Å². The average molecular weight is 297 g/mol. The van der Waals surface area contributed by atoms with Crippen molar-refractivity contribution < 1.29 is 4.79 Å². The molecule has 1 aromatic carbocycles. The summed E-state index contributed by atoms with van der Waals surface area (Å²) in [6, 6.07) is 9.65. The topological polar surface area (TPSA) is 68.0 Å². The number of nitrogens with zero attached hydrogens (tertiary/aromatic N) is 1. The Kier molecular flexibility index (Phi) is 3.35. The summed E-state index contributed by atoms with van der Waals surface area (Å²) < 4.78 is 0. The second kappa shape index (κ2) is 5.18. The van der Waals surface area contributed by atoms with Crippen LogP contribution in [0.3, 0.4) is 0 Å². The maximum Gasteiger partial charge on any atom is 0.267 e. The van der Waals surface area contributed by atoms with Crippen molar-refractivity contribution in [2.75, 3.05) is 11.1 Å². The number of hydrogen-bond acceptors (Lipinski definition) is 4. The maximum absolute atomic E-state index is 12.5. The zero-order valence-electron chi connectivity index (χ0n) is 11.8. The van der Waals surface area contributed by atoms with Gasteiger partial charge in [-0.15, -0.1) is 11.3 Å². The predicted octanol–water partition coefficient (Wildman–Crippen LogP) is 3.75. The molecule has 4 nitrogen and oxygen atoms in total. The molecule has 0 spiro atoms. The van der Waals surface area contributed by atoms with E-state index < -0.39 is 0 Å². The van der Waals surface area contributed by atoms with Gasteiger partial charge in [-0.3, -0.25) is 4.79 Å². The van der Waals surface area contributed by atoms with E-state index in [0.717, 1.165) is 27.0 Å². The molecule has 0 aliphatic carbocycles. The number of fused-ring (bicyclic) bond motifs is 1. The summed E-state index contributed by atoms with van der Waals surface area (Å²) >= 11 is 1.31. The molecule has 3 rings (SSSR count). The van der Waals surface area contributed by atoms with Crippen molar-refractivity contribution in [2.24, 2.45) is 0 Å². The lowest BCUT2D eigenvalue weighted by molar-refractivity contribution is 0.103. The highest BCUT2D eigenvalue weighted by molar-refractivity contribution is 7.21. The highest BCUT2D eigenvalue weighted by Gasteiger charge is 2.17. The van der Waals surface area contributed by atoms with E-state index in [-0.39, 0.29) is 5.91 Å². The third kappa shape index (κ3) is 2.48. The molecule has 0 atom stereocenters. The first-order valence-corrected chi connectivity index (χ1v) is 7.39. The standard InChI is InChI=1S/C16H15N3OS/c1-9-5-6-10(2)12(8-9)19-15(20)14-13(17)11-4-3-7-18-16(11)21-14/h3-8H,17H2,1-2H3,(H,19,20). The Morgan fingerprint density at radius 1 is 1.29 bits per heavy atom. The molecule has 0 bridgehead atoms. The molecule has 21 heavy (non-hydrogen) atoms. The highest BCUT2D eigenvalue weighted by atomic mass is 32.1. The molecule has 2 aromatic heterocycles. The summed E-state index contributed by atoms with van der Waals surface area (Å²) in [6.07, 6.45) is 1.70. The second-order valence-electron chi connectivity index (χ2n) is 4.97. The van der Waals surface area contributed by atoms with Crippen molar-refractivity contribution >= 4 is 38.8 Å². The summed E-state index contributed by atoms with van der Waals surface area (Å²) in [5.41, 5.74) is 9.49. The van der Waals surface area contributed by atoms with E-state index in [2.05, 4.69) is 10.3 Å². The fourth-order valence-corrected chi connectivity index (χ4v) is 3.13. The van der Waals surface area contributed by atoms with E-state index in [1.165, 1.54) is 11.3 Å². The van der Waals surface area contributed by atoms with Crippen LogP contribution >= 0.6 is 11.3 Å². The molecule has 1 amide bonds. The summed E-state index contributed by atoms with van der Waals surface area (Å²) in [4.78, 5) is 18.0. The lowest BCUT2D eigenvalue weighted by atomic mass is 10.1. The number of benzene rings is 1. The number of nitrogens with one attached hydrogen (secondary N) is 1. The Morgan fingerprint density at radius 3 is 2.86 bits per heavy atom. The zero-order valence-corrected chi connectivity index (χ0v) is 12.6. The monoisotopic (exact) mass is 297 g/mol. The molecular formula is C16H15N3OS. The number of hydrogen-bond donors (Lipinski definition) is 2. The minimum atomic E-state index is -0.191. The minimum Gasteiger partial charge on any atom is -0.397 e. The number of carbonyl (C=O) groups is 1. The van der Waals surface area contributed by atoms with Crippen LogP contribution in [-0.4, -0.2) is 10.9 Å². The van der Waals surface area contributed by atoms with Gasteiger partial charge in [-0.2, -0.15) is 0 Å². The van der Waals surface area contributed by atoms with Crippen molar-refractivity contribution in [3.05, 3.63) is 52.5 Å². The number of aromatic nitrogens is 1. The van der Waals surface area contributed by atoms with Gasteiger partial charge in [0.2, 0.25) is 0 Å². The van der Waals surface area contributed by atoms with E-state index in [0.29, 0.717) is 10.6 Å². The van der Waals surface area contributed by atoms with E-state index in [4.69, 9.17) is 5.73 Å². The van der Waals surface area contributed by atoms with Crippen LogP contribution in [0.2, 0.25) is 0 Å². The summed E-state index contributed by atoms with van der Waals surface area (Å²) in [5, 5.41) is 3.76. The van der Waals surface area contributed by atoms with Gasteiger partial charge in [0, 0.05) is 17.3 Å². The number of thiophene rings is 1. The van der Waals surface area contributed by atoms with E-state index in [1.807, 2.05) is 44.2 Å². The third-order valence-electron chi connectivity index (χ3n) is 3.35. The lowest BCUT2D eigenvalue weighted by Crippen LogP contribution is -2.12. The first-order valence-electron chi connectivity index (χ1n) is 6.58. The fourth-order valence-electron chi connectivity index (χ4n) is 2.17. The lowest BCUT2D eigenvalue weighted by Gasteiger charge is -2.08. The third-order valence-corrected chi connectivity index (χ3v) is 4.48. The normalized spacial score (nSPS) is 10.8. The Balaban J connectivity index is 1.97. The molecule has 3 aromatic rings. The van der Waals surface area contributed by atoms with Gasteiger partial charge in [0.25, 0.3) is 5.91 Å². The molecule has 5 heteroatoms. The number of carbonyl (C=O) groups excluding carboxylic acids is 1. The number of nitrogens with two attached hydrogens (primary N) is 1. The Bertz CT molecular complexity index is 839. The largest absolute Gasteiger partial charge is 0.397 e. The van der Waals surface area contributed by atoms with Crippen molar-refractivity contribution in [1.82, 2.24) is 4.98 Å². The Hall–Kier alpha value is -2.40. The fraction of sp³-hybridized carbons (Fsp3) is 0.125. The first-order chi connectivity index (χ1) is 10.1. The molecule has 106 valence electrons. The van der Waals surface area contributed by atoms with Gasteiger partial charge in [-0.1, -0.05) is 12.1 Å². The van der Waals surface area contributed by atoms with Crippen LogP contribution in [0, 0.1) is 13.8 Å². The molecule has 0 fully saturated rings. The first kappa shape index (κ1) is 13.6. The SMILES string of the molecule is Cc1ccc(C)c(NC(=O)c2sc3ncccc3c2N)c1. The molecular weight excluding hydrogens is 282 g/mol. The summed E-state index contributed by atoms with van der Waals surface area (Å²) in [6.45, 7) is 3.96. The van der Waals surface area contributed by atoms with Crippen LogP contribution in [0.5, 0.6) is 0 Å². The van der Waals surface area contributed by atoms with Gasteiger partial charge in [0.05, 0.1) is 5.69 Å². The van der Waals surface area contributed by atoms with Gasteiger partial charge in [0.15, 0.2) is 0 Å². The average Bonchev–Trinajstić information content (AvgIpc) is 2.81. The van der Waals surface area contributed by atoms with Crippen LogP contribution in [-0.2, 0) is 0 Å². The van der Waals surface area contributed by atoms with Gasteiger partial charge in [0.1, 0.15) is 9.71 Å². The quantitative estimate of drug-likeness (QED) is 0.757. The van der Waals surface area contributed by atoms with Crippen LogP contribution < -0.4 is 11.1 Å². The van der Waals surface area contributed by atoms with E-state index in [9.17, 15) is 4.79 Å². The number of anilines is 2. The molecule has 0 aliphatic heterocycles. The van der Waals surface area contributed by atoms with Crippen LogP contribution in [0.15, 0.2) is 36.5 Å². The summed E-state index contributed by atoms with van der Waals surface area (Å²) in [5.74, 6) is -0.191. The van der Waals surface area contributed by atoms with Crippen LogP contribution in [0.25, 0.3) is 10.2 Å². The molecule has 2 heterocycles. The number of amides is 1. The number of aryl methyl sites for hydroxylation is 2. The van der Waals surface area contributed by atoms with E-state index in [1.54, 1.807) is 6.20 Å². The summed E-state index contributed by atoms with van der Waals surface area (Å²) in [7, 11) is 0. The van der Waals surface area contributed by atoms with E-state index >= 15 is 0 Å². The van der Waals surface area contributed by atoms with Crippen molar-refractivity contribution in [2.45, 2.75) is 13.8 Å². The minimum absolute atomic E-state index is 0.191. The highest BCUT2D eigenvalue weighted by Crippen LogP contribution is 2.32. The molecule has 0 radical (unpaired) electrons. The van der Waals surface area contributed by atoms with Gasteiger partial charge < -0.3 is 11.1 Å². The van der Waals surface area contributed by atoms with Crippen molar-refractivity contribution in [3.63, 3.8) is 0 Å². The van der Waals surface area contributed by atoms with Crippen LogP contribution in [0.1, 0.15) is 20.8 Å². The van der Waals surface area contributed by atoms with Crippen LogP contribution in [0.4, 0.5) is 11.4 Å². The number of pyridine rings is 1. The smallest absolute Gasteiger partial charge is 0.267 e. The molecule has 0 unspecified atom stereocenters. The number of nitrogen functional groups attached to an aromatic ring is 1. The second-order valence-corrected chi connectivity index (χ2v) is 5.97. The molecule has 0 aliphatic rings. The van der Waals surface area contributed by atoms with Crippen molar-refractivity contribution in [3.8, 4) is 0 Å². The van der Waals surface area contributed by atoms with Crippen molar-refractivity contribution in [1.29, 1.82) is 0 Å². The predicted molar refractivity (Wildman–Crippen MR) is 87.9 cm³/mol. The molecule has 0 saturated carbocycles. The molecule has 3 N–H and O–H groups in total. The molecule has 0 saturated heterocycles. The maximum atomic E-state index is 12.5. The Morgan fingerprint density at radius 2 is 2.10 bits per heavy atom. The zero-order chi connectivity index (χ0) is 15.0.